The van der Waals surface area contributed by atoms with E-state index in [0.29, 0.717) is 11.6 Å². The lowest BCUT2D eigenvalue weighted by atomic mass is 10.1. The number of aromatic nitrogens is 4. The van der Waals surface area contributed by atoms with Crippen molar-refractivity contribution in [3.8, 4) is 17.1 Å². The average Bonchev–Trinajstić information content (AvgIpc) is 3.17. The lowest BCUT2D eigenvalue weighted by molar-refractivity contribution is -0.115. The largest absolute Gasteiger partial charge is 0.497 e. The highest BCUT2D eigenvalue weighted by Crippen LogP contribution is 2.22. The molecule has 0 spiro atoms. The number of nitrogens with one attached hydrogen (secondary N) is 1. The first kappa shape index (κ1) is 20.0. The lowest BCUT2D eigenvalue weighted by Crippen LogP contribution is -2.17. The fourth-order valence-electron chi connectivity index (χ4n) is 3.23. The Hall–Kier alpha value is -3.26. The van der Waals surface area contributed by atoms with Crippen molar-refractivity contribution in [2.45, 2.75) is 20.3 Å². The SMILES string of the molecule is COc1ccc(-c2nc3nc(C)c(CC(=O)Nc4ccc(Br)cc4)c(C)n3n2)cc1. The molecular weight excluding hydrogens is 446 g/mol. The number of hydrogen-bond donors (Lipinski definition) is 1. The van der Waals surface area contributed by atoms with Gasteiger partial charge in [-0.05, 0) is 62.4 Å². The van der Waals surface area contributed by atoms with Crippen molar-refractivity contribution < 1.29 is 9.53 Å². The van der Waals surface area contributed by atoms with Gasteiger partial charge in [0.2, 0.25) is 5.91 Å². The lowest BCUT2D eigenvalue weighted by Gasteiger charge is -2.11. The highest BCUT2D eigenvalue weighted by molar-refractivity contribution is 9.10. The fourth-order valence-corrected chi connectivity index (χ4v) is 3.49. The highest BCUT2D eigenvalue weighted by atomic mass is 79.9. The fraction of sp³-hybridized carbons (Fsp3) is 0.182. The standard InChI is InChI=1S/C22H20BrN5O2/c1-13-19(12-20(29)25-17-8-6-16(23)7-9-17)14(2)28-22(24-13)26-21(27-28)15-4-10-18(30-3)11-5-15/h4-11H,12H2,1-3H3,(H,25,29). The number of methoxy groups -OCH3 is 1. The van der Waals surface area contributed by atoms with Gasteiger partial charge in [0.1, 0.15) is 5.75 Å². The number of benzene rings is 2. The highest BCUT2D eigenvalue weighted by Gasteiger charge is 2.17. The zero-order valence-corrected chi connectivity index (χ0v) is 18.4. The third-order valence-electron chi connectivity index (χ3n) is 4.86. The summed E-state index contributed by atoms with van der Waals surface area (Å²) in [7, 11) is 1.63. The maximum Gasteiger partial charge on any atom is 0.253 e. The van der Waals surface area contributed by atoms with E-state index in [1.165, 1.54) is 0 Å². The number of nitrogens with zero attached hydrogens (tertiary/aromatic N) is 4. The normalized spacial score (nSPS) is 10.9. The minimum Gasteiger partial charge on any atom is -0.497 e. The average molecular weight is 466 g/mol. The number of carbonyl (C=O) groups is 1. The predicted octanol–water partition coefficient (Wildman–Crippen LogP) is 4.36. The van der Waals surface area contributed by atoms with Gasteiger partial charge in [0.15, 0.2) is 5.82 Å². The number of aryl methyl sites for hydroxylation is 2. The number of carbonyl (C=O) groups excluding carboxylic acids is 1. The van der Waals surface area contributed by atoms with Crippen LogP contribution >= 0.6 is 15.9 Å². The second-order valence-electron chi connectivity index (χ2n) is 6.87. The summed E-state index contributed by atoms with van der Waals surface area (Å²) in [6, 6.07) is 15.0. The van der Waals surface area contributed by atoms with Crippen LogP contribution in [0.25, 0.3) is 17.2 Å². The molecule has 2 aromatic heterocycles. The van der Waals surface area contributed by atoms with E-state index < -0.39 is 0 Å². The van der Waals surface area contributed by atoms with E-state index >= 15 is 0 Å². The molecule has 1 amide bonds. The topological polar surface area (TPSA) is 81.4 Å². The van der Waals surface area contributed by atoms with Crippen LogP contribution in [0.4, 0.5) is 5.69 Å². The summed E-state index contributed by atoms with van der Waals surface area (Å²) in [6.45, 7) is 3.81. The molecule has 30 heavy (non-hydrogen) atoms. The molecule has 1 N–H and O–H groups in total. The molecule has 0 saturated heterocycles. The second-order valence-corrected chi connectivity index (χ2v) is 7.78. The summed E-state index contributed by atoms with van der Waals surface area (Å²) in [6.07, 6.45) is 0.203. The summed E-state index contributed by atoms with van der Waals surface area (Å²) in [5, 5.41) is 7.52. The van der Waals surface area contributed by atoms with Gasteiger partial charge in [-0.15, -0.1) is 5.10 Å². The minimum atomic E-state index is -0.111. The van der Waals surface area contributed by atoms with E-state index in [2.05, 4.69) is 36.3 Å². The van der Waals surface area contributed by atoms with Crippen LogP contribution < -0.4 is 10.1 Å². The minimum absolute atomic E-state index is 0.111. The van der Waals surface area contributed by atoms with Gasteiger partial charge < -0.3 is 10.1 Å². The summed E-state index contributed by atoms with van der Waals surface area (Å²) in [4.78, 5) is 21.7. The molecule has 4 aromatic rings. The zero-order valence-electron chi connectivity index (χ0n) is 16.8. The van der Waals surface area contributed by atoms with Crippen molar-refractivity contribution in [2.75, 3.05) is 12.4 Å². The number of anilines is 1. The summed E-state index contributed by atoms with van der Waals surface area (Å²) in [5.41, 5.74) is 4.06. The van der Waals surface area contributed by atoms with Crippen LogP contribution in [-0.4, -0.2) is 32.6 Å². The van der Waals surface area contributed by atoms with Gasteiger partial charge in [0, 0.05) is 32.7 Å². The van der Waals surface area contributed by atoms with Crippen LogP contribution in [0.1, 0.15) is 17.0 Å². The van der Waals surface area contributed by atoms with Crippen LogP contribution in [-0.2, 0) is 11.2 Å². The quantitative estimate of drug-likeness (QED) is 0.473. The summed E-state index contributed by atoms with van der Waals surface area (Å²) in [5.74, 6) is 1.74. The van der Waals surface area contributed by atoms with E-state index in [-0.39, 0.29) is 12.3 Å². The van der Waals surface area contributed by atoms with Gasteiger partial charge in [-0.3, -0.25) is 4.79 Å². The van der Waals surface area contributed by atoms with Crippen molar-refractivity contribution in [3.63, 3.8) is 0 Å². The van der Waals surface area contributed by atoms with Crippen LogP contribution in [0.2, 0.25) is 0 Å². The number of hydrogen-bond acceptors (Lipinski definition) is 5. The molecule has 0 aliphatic heterocycles. The van der Waals surface area contributed by atoms with Crippen molar-refractivity contribution >= 4 is 33.3 Å². The number of halogens is 1. The van der Waals surface area contributed by atoms with E-state index in [0.717, 1.165) is 38.4 Å². The van der Waals surface area contributed by atoms with E-state index in [1.807, 2.05) is 62.4 Å². The molecule has 8 heteroatoms. The van der Waals surface area contributed by atoms with Gasteiger partial charge in [0.05, 0.1) is 13.5 Å². The molecule has 152 valence electrons. The second kappa shape index (κ2) is 8.23. The number of fused-ring (bicyclic) bond motifs is 1. The van der Waals surface area contributed by atoms with Gasteiger partial charge in [0.25, 0.3) is 5.78 Å². The Balaban J connectivity index is 1.62. The first-order chi connectivity index (χ1) is 14.4. The first-order valence-electron chi connectivity index (χ1n) is 9.37. The van der Waals surface area contributed by atoms with Gasteiger partial charge in [-0.1, -0.05) is 15.9 Å². The van der Waals surface area contributed by atoms with Gasteiger partial charge in [-0.25, -0.2) is 9.50 Å². The van der Waals surface area contributed by atoms with Crippen LogP contribution in [0.3, 0.4) is 0 Å². The van der Waals surface area contributed by atoms with E-state index in [1.54, 1.807) is 11.6 Å². The van der Waals surface area contributed by atoms with E-state index in [4.69, 9.17) is 4.74 Å². The summed E-state index contributed by atoms with van der Waals surface area (Å²) >= 11 is 3.39. The van der Waals surface area contributed by atoms with Crippen LogP contribution in [0, 0.1) is 13.8 Å². The molecule has 0 fully saturated rings. The number of ether oxygens (including phenoxy) is 1. The Labute approximate surface area is 182 Å². The maximum absolute atomic E-state index is 12.6. The Morgan fingerprint density at radius 3 is 2.43 bits per heavy atom. The van der Waals surface area contributed by atoms with Gasteiger partial charge >= 0.3 is 0 Å². The van der Waals surface area contributed by atoms with Crippen molar-refractivity contribution in [2.24, 2.45) is 0 Å². The van der Waals surface area contributed by atoms with Crippen molar-refractivity contribution in [3.05, 3.63) is 70.0 Å². The Morgan fingerprint density at radius 1 is 1.07 bits per heavy atom. The van der Waals surface area contributed by atoms with E-state index in [9.17, 15) is 4.79 Å². The predicted molar refractivity (Wildman–Crippen MR) is 119 cm³/mol. The molecule has 0 saturated carbocycles. The van der Waals surface area contributed by atoms with Crippen molar-refractivity contribution in [1.29, 1.82) is 0 Å². The Morgan fingerprint density at radius 2 is 1.77 bits per heavy atom. The smallest absolute Gasteiger partial charge is 0.253 e. The number of rotatable bonds is 5. The van der Waals surface area contributed by atoms with Gasteiger partial charge in [-0.2, -0.15) is 4.98 Å². The summed E-state index contributed by atoms with van der Waals surface area (Å²) < 4.78 is 7.85. The molecule has 0 unspecified atom stereocenters. The van der Waals surface area contributed by atoms with Crippen LogP contribution in [0.15, 0.2) is 53.0 Å². The molecular formula is C22H20BrN5O2. The molecule has 4 rings (SSSR count). The zero-order chi connectivity index (χ0) is 21.3. The molecule has 0 bridgehead atoms. The Bertz CT molecular complexity index is 1220. The molecule has 2 heterocycles. The molecule has 0 atom stereocenters. The van der Waals surface area contributed by atoms with Crippen molar-refractivity contribution in [1.82, 2.24) is 19.6 Å². The third-order valence-corrected chi connectivity index (χ3v) is 5.39. The Kier molecular flexibility index (Phi) is 5.50. The molecule has 0 aliphatic rings. The number of amides is 1. The van der Waals surface area contributed by atoms with Crippen LogP contribution in [0.5, 0.6) is 5.75 Å². The monoisotopic (exact) mass is 465 g/mol. The molecule has 0 radical (unpaired) electrons. The molecule has 0 aliphatic carbocycles. The molecule has 2 aromatic carbocycles. The maximum atomic E-state index is 12.6. The third kappa shape index (κ3) is 4.04. The first-order valence-corrected chi connectivity index (χ1v) is 10.2. The molecule has 7 nitrogen and oxygen atoms in total.